The summed E-state index contributed by atoms with van der Waals surface area (Å²) in [6, 6.07) is -1.36. The lowest BCUT2D eigenvalue weighted by Gasteiger charge is -2.05. The standard InChI is InChI=1S/C5H10ClNO4S/c6-1-2-12(10,11)3-4(7)5(8)9/h4H,1-3,7H2,(H,8,9). The van der Waals surface area contributed by atoms with E-state index < -0.39 is 27.6 Å². The average Bonchev–Trinajstić information content (AvgIpc) is 1.85. The smallest absolute Gasteiger partial charge is 0.321 e. The van der Waals surface area contributed by atoms with Gasteiger partial charge in [-0.15, -0.1) is 11.6 Å². The fourth-order valence-corrected chi connectivity index (χ4v) is 2.34. The van der Waals surface area contributed by atoms with Gasteiger partial charge < -0.3 is 10.8 Å². The fraction of sp³-hybridized carbons (Fsp3) is 0.800. The Morgan fingerprint density at radius 2 is 2.08 bits per heavy atom. The molecule has 1 atom stereocenters. The molecule has 0 amide bonds. The van der Waals surface area contributed by atoms with Crippen molar-refractivity contribution >= 4 is 27.4 Å². The van der Waals surface area contributed by atoms with E-state index >= 15 is 0 Å². The number of sulfone groups is 1. The average molecular weight is 216 g/mol. The van der Waals surface area contributed by atoms with Crippen molar-refractivity contribution < 1.29 is 18.3 Å². The van der Waals surface area contributed by atoms with Gasteiger partial charge in [-0.3, -0.25) is 4.79 Å². The van der Waals surface area contributed by atoms with Gasteiger partial charge in [0, 0.05) is 5.88 Å². The number of hydrogen-bond donors (Lipinski definition) is 2. The van der Waals surface area contributed by atoms with Crippen LogP contribution >= 0.6 is 11.6 Å². The van der Waals surface area contributed by atoms with Crippen LogP contribution in [0.15, 0.2) is 0 Å². The number of rotatable bonds is 5. The topological polar surface area (TPSA) is 97.5 Å². The van der Waals surface area contributed by atoms with Crippen molar-refractivity contribution in [1.82, 2.24) is 0 Å². The van der Waals surface area contributed by atoms with E-state index in [1.807, 2.05) is 0 Å². The van der Waals surface area contributed by atoms with Crippen molar-refractivity contribution in [2.24, 2.45) is 5.73 Å². The summed E-state index contributed by atoms with van der Waals surface area (Å²) < 4.78 is 21.8. The minimum atomic E-state index is -3.41. The monoisotopic (exact) mass is 215 g/mol. The van der Waals surface area contributed by atoms with Gasteiger partial charge in [0.1, 0.15) is 6.04 Å². The maximum atomic E-state index is 10.9. The number of alkyl halides is 1. The maximum Gasteiger partial charge on any atom is 0.321 e. The number of nitrogens with two attached hydrogens (primary N) is 1. The van der Waals surface area contributed by atoms with Gasteiger partial charge in [-0.1, -0.05) is 0 Å². The SMILES string of the molecule is NC(CS(=O)(=O)CCCl)C(=O)O. The van der Waals surface area contributed by atoms with Crippen LogP contribution in [0, 0.1) is 0 Å². The van der Waals surface area contributed by atoms with Crippen LogP contribution in [0.4, 0.5) is 0 Å². The molecule has 0 spiro atoms. The van der Waals surface area contributed by atoms with E-state index in [0.717, 1.165) is 0 Å². The van der Waals surface area contributed by atoms with E-state index in [1.165, 1.54) is 0 Å². The van der Waals surface area contributed by atoms with E-state index in [2.05, 4.69) is 0 Å². The van der Waals surface area contributed by atoms with Gasteiger partial charge >= 0.3 is 5.97 Å². The summed E-state index contributed by atoms with van der Waals surface area (Å²) in [6.45, 7) is 0. The summed E-state index contributed by atoms with van der Waals surface area (Å²) >= 11 is 5.18. The molecule has 0 aliphatic carbocycles. The zero-order valence-corrected chi connectivity index (χ0v) is 7.81. The Morgan fingerprint density at radius 3 is 2.42 bits per heavy atom. The molecule has 5 nitrogen and oxygen atoms in total. The molecule has 0 saturated carbocycles. The second-order valence-corrected chi connectivity index (χ2v) is 4.85. The van der Waals surface area contributed by atoms with Gasteiger partial charge in [0.25, 0.3) is 0 Å². The highest BCUT2D eigenvalue weighted by Gasteiger charge is 2.20. The molecule has 0 heterocycles. The number of carbonyl (C=O) groups is 1. The lowest BCUT2D eigenvalue weighted by molar-refractivity contribution is -0.137. The number of halogens is 1. The first-order valence-corrected chi connectivity index (χ1v) is 5.49. The van der Waals surface area contributed by atoms with E-state index in [0.29, 0.717) is 0 Å². The first-order valence-electron chi connectivity index (χ1n) is 3.14. The first kappa shape index (κ1) is 11.7. The maximum absolute atomic E-state index is 10.9. The van der Waals surface area contributed by atoms with Crippen LogP contribution in [0.3, 0.4) is 0 Å². The summed E-state index contributed by atoms with van der Waals surface area (Å²) in [7, 11) is -3.41. The Hall–Kier alpha value is -0.330. The molecule has 12 heavy (non-hydrogen) atoms. The van der Waals surface area contributed by atoms with Crippen LogP contribution in [-0.2, 0) is 14.6 Å². The number of carboxylic acid groups (broad SMARTS) is 1. The fourth-order valence-electron chi connectivity index (χ4n) is 0.546. The van der Waals surface area contributed by atoms with Crippen molar-refractivity contribution in [3.05, 3.63) is 0 Å². The number of carboxylic acids is 1. The molecule has 7 heteroatoms. The highest BCUT2D eigenvalue weighted by atomic mass is 35.5. The molecule has 3 N–H and O–H groups in total. The van der Waals surface area contributed by atoms with Gasteiger partial charge in [-0.05, 0) is 0 Å². The molecule has 0 bridgehead atoms. The van der Waals surface area contributed by atoms with Gasteiger partial charge in [0.15, 0.2) is 9.84 Å². The summed E-state index contributed by atoms with van der Waals surface area (Å²) in [5.41, 5.74) is 5.01. The minimum absolute atomic E-state index is 0.0470. The summed E-state index contributed by atoms with van der Waals surface area (Å²) in [5.74, 6) is -2.17. The van der Waals surface area contributed by atoms with Gasteiger partial charge in [0.2, 0.25) is 0 Å². The molecule has 72 valence electrons. The van der Waals surface area contributed by atoms with E-state index in [-0.39, 0.29) is 11.6 Å². The second kappa shape index (κ2) is 4.64. The van der Waals surface area contributed by atoms with Crippen molar-refractivity contribution in [3.8, 4) is 0 Å². The Kier molecular flexibility index (Phi) is 4.51. The third-order valence-electron chi connectivity index (χ3n) is 1.14. The molecule has 0 radical (unpaired) electrons. The molecule has 0 aliphatic heterocycles. The summed E-state index contributed by atoms with van der Waals surface area (Å²) in [6.07, 6.45) is 0. The normalized spacial score (nSPS) is 14.2. The highest BCUT2D eigenvalue weighted by molar-refractivity contribution is 7.91. The zero-order valence-electron chi connectivity index (χ0n) is 6.23. The van der Waals surface area contributed by atoms with E-state index in [1.54, 1.807) is 0 Å². The predicted octanol–water partition coefficient (Wildman–Crippen LogP) is -0.948. The minimum Gasteiger partial charge on any atom is -0.480 e. The van der Waals surface area contributed by atoms with Crippen molar-refractivity contribution in [2.75, 3.05) is 17.4 Å². The second-order valence-electron chi connectivity index (χ2n) is 2.25. The molecule has 1 unspecified atom stereocenters. The van der Waals surface area contributed by atoms with Crippen LogP contribution in [0.1, 0.15) is 0 Å². The van der Waals surface area contributed by atoms with Gasteiger partial charge in [-0.25, -0.2) is 8.42 Å². The largest absolute Gasteiger partial charge is 0.480 e. The zero-order chi connectivity index (χ0) is 9.78. The van der Waals surface area contributed by atoms with Crippen molar-refractivity contribution in [3.63, 3.8) is 0 Å². The van der Waals surface area contributed by atoms with Crippen LogP contribution in [0.25, 0.3) is 0 Å². The molecular formula is C5H10ClNO4S. The summed E-state index contributed by atoms with van der Waals surface area (Å²) in [4.78, 5) is 10.2. The quantitative estimate of drug-likeness (QED) is 0.577. The Morgan fingerprint density at radius 1 is 1.58 bits per heavy atom. The lowest BCUT2D eigenvalue weighted by Crippen LogP contribution is -2.38. The van der Waals surface area contributed by atoms with Gasteiger partial charge in [0.05, 0.1) is 11.5 Å². The summed E-state index contributed by atoms with van der Waals surface area (Å²) in [5, 5.41) is 8.29. The molecule has 0 fully saturated rings. The van der Waals surface area contributed by atoms with Crippen molar-refractivity contribution in [1.29, 1.82) is 0 Å². The predicted molar refractivity (Wildman–Crippen MR) is 45.0 cm³/mol. The number of aliphatic carboxylic acids is 1. The Labute approximate surface area is 75.4 Å². The van der Waals surface area contributed by atoms with Crippen LogP contribution in [-0.4, -0.2) is 42.9 Å². The van der Waals surface area contributed by atoms with Gasteiger partial charge in [-0.2, -0.15) is 0 Å². The molecular weight excluding hydrogens is 206 g/mol. The third-order valence-corrected chi connectivity index (χ3v) is 3.25. The molecule has 0 aliphatic rings. The van der Waals surface area contributed by atoms with Crippen molar-refractivity contribution in [2.45, 2.75) is 6.04 Å². The first-order chi connectivity index (χ1) is 5.39. The molecule has 0 aromatic rings. The molecule has 0 aromatic carbocycles. The van der Waals surface area contributed by atoms with E-state index in [4.69, 9.17) is 22.4 Å². The lowest BCUT2D eigenvalue weighted by atomic mass is 10.4. The molecule has 0 rings (SSSR count). The number of hydrogen-bond acceptors (Lipinski definition) is 4. The van der Waals surface area contributed by atoms with Crippen LogP contribution < -0.4 is 5.73 Å². The molecule has 0 aromatic heterocycles. The third kappa shape index (κ3) is 4.53. The molecule has 0 saturated heterocycles. The van der Waals surface area contributed by atoms with E-state index in [9.17, 15) is 13.2 Å². The highest BCUT2D eigenvalue weighted by Crippen LogP contribution is 1.94. The van der Waals surface area contributed by atoms with Crippen LogP contribution in [0.5, 0.6) is 0 Å². The van der Waals surface area contributed by atoms with Crippen LogP contribution in [0.2, 0.25) is 0 Å². The Balaban J connectivity index is 4.16. The Bertz CT molecular complexity index is 250.